The molecule has 1 saturated carbocycles. The van der Waals surface area contributed by atoms with E-state index in [1.165, 1.54) is 0 Å². The maximum atomic E-state index is 10.9. The number of carbonyl (C=O) groups is 1. The predicted octanol–water partition coefficient (Wildman–Crippen LogP) is 0.288. The first-order valence-electron chi connectivity index (χ1n) is 3.50. The van der Waals surface area contributed by atoms with E-state index in [1.807, 2.05) is 0 Å². The average molecular weight is 143 g/mol. The van der Waals surface area contributed by atoms with Crippen molar-refractivity contribution in [3.8, 4) is 0 Å². The number of carbonyl (C=O) groups excluding carboxylic acids is 1. The van der Waals surface area contributed by atoms with Crippen LogP contribution in [0.25, 0.3) is 0 Å². The fourth-order valence-electron chi connectivity index (χ4n) is 1.00. The first-order valence-corrected chi connectivity index (χ1v) is 3.50. The number of rotatable bonds is 4. The summed E-state index contributed by atoms with van der Waals surface area (Å²) in [4.78, 5) is 10.9. The lowest BCUT2D eigenvalue weighted by atomic mass is 10.0. The lowest BCUT2D eigenvalue weighted by Crippen LogP contribution is -2.21. The van der Waals surface area contributed by atoms with Gasteiger partial charge in [0.25, 0.3) is 0 Å². The van der Waals surface area contributed by atoms with Crippen LogP contribution in [0.1, 0.15) is 19.8 Å². The minimum Gasteiger partial charge on any atom is -0.365 e. The summed E-state index contributed by atoms with van der Waals surface area (Å²) in [6.45, 7) is 2.35. The standard InChI is InChI=1S/C7H13NO2/c1-6(9)7(2-3-7)4-10-5-8/h2-5,8H2,1H3. The van der Waals surface area contributed by atoms with Gasteiger partial charge < -0.3 is 10.5 Å². The zero-order valence-corrected chi connectivity index (χ0v) is 6.22. The Bertz CT molecular complexity index is 141. The molecule has 10 heavy (non-hydrogen) atoms. The molecule has 1 aliphatic carbocycles. The van der Waals surface area contributed by atoms with Gasteiger partial charge in [-0.3, -0.25) is 4.79 Å². The summed E-state index contributed by atoms with van der Waals surface area (Å²) in [5.41, 5.74) is 4.99. The van der Waals surface area contributed by atoms with Crippen molar-refractivity contribution < 1.29 is 9.53 Å². The van der Waals surface area contributed by atoms with Gasteiger partial charge in [0.15, 0.2) is 0 Å². The van der Waals surface area contributed by atoms with Crippen LogP contribution in [0.4, 0.5) is 0 Å². The maximum absolute atomic E-state index is 10.9. The molecule has 0 atom stereocenters. The molecular weight excluding hydrogens is 130 g/mol. The lowest BCUT2D eigenvalue weighted by molar-refractivity contribution is -0.124. The Labute approximate surface area is 60.5 Å². The van der Waals surface area contributed by atoms with Crippen LogP contribution in [-0.2, 0) is 9.53 Å². The molecule has 1 aliphatic rings. The molecule has 3 nitrogen and oxygen atoms in total. The van der Waals surface area contributed by atoms with E-state index in [2.05, 4.69) is 0 Å². The zero-order valence-electron chi connectivity index (χ0n) is 6.22. The number of hydrogen-bond acceptors (Lipinski definition) is 3. The molecule has 0 saturated heterocycles. The Kier molecular flexibility index (Phi) is 2.06. The normalized spacial score (nSPS) is 20.6. The van der Waals surface area contributed by atoms with Crippen molar-refractivity contribution >= 4 is 5.78 Å². The summed E-state index contributed by atoms with van der Waals surface area (Å²) in [6.07, 6.45) is 1.95. The minimum atomic E-state index is -0.140. The van der Waals surface area contributed by atoms with Crippen molar-refractivity contribution in [2.45, 2.75) is 19.8 Å². The number of nitrogens with two attached hydrogens (primary N) is 1. The highest BCUT2D eigenvalue weighted by Crippen LogP contribution is 2.46. The molecule has 1 rings (SSSR count). The van der Waals surface area contributed by atoms with Gasteiger partial charge in [0.05, 0.1) is 18.8 Å². The van der Waals surface area contributed by atoms with E-state index >= 15 is 0 Å². The fraction of sp³-hybridized carbons (Fsp3) is 0.857. The van der Waals surface area contributed by atoms with Crippen LogP contribution in [0.2, 0.25) is 0 Å². The molecule has 0 bridgehead atoms. The molecule has 0 aromatic carbocycles. The summed E-state index contributed by atoms with van der Waals surface area (Å²) in [5, 5.41) is 0. The topological polar surface area (TPSA) is 52.3 Å². The highest BCUT2D eigenvalue weighted by atomic mass is 16.5. The van der Waals surface area contributed by atoms with Gasteiger partial charge in [-0.1, -0.05) is 0 Å². The summed E-state index contributed by atoms with van der Waals surface area (Å²) in [5.74, 6) is 0.237. The van der Waals surface area contributed by atoms with E-state index in [1.54, 1.807) is 6.92 Å². The molecule has 0 aromatic rings. The maximum Gasteiger partial charge on any atom is 0.138 e. The molecule has 58 valence electrons. The second kappa shape index (κ2) is 2.68. The molecular formula is C7H13NO2. The van der Waals surface area contributed by atoms with Gasteiger partial charge in [-0.05, 0) is 19.8 Å². The van der Waals surface area contributed by atoms with Crippen LogP contribution < -0.4 is 5.73 Å². The van der Waals surface area contributed by atoms with Gasteiger partial charge >= 0.3 is 0 Å². The minimum absolute atomic E-state index is 0.140. The number of ether oxygens (including phenoxy) is 1. The highest BCUT2D eigenvalue weighted by molar-refractivity contribution is 5.85. The van der Waals surface area contributed by atoms with E-state index in [0.29, 0.717) is 6.61 Å². The molecule has 0 amide bonds. The van der Waals surface area contributed by atoms with Gasteiger partial charge in [-0.15, -0.1) is 0 Å². The first-order chi connectivity index (χ1) is 4.71. The molecule has 0 aliphatic heterocycles. The summed E-state index contributed by atoms with van der Waals surface area (Å²) in [6, 6.07) is 0. The third-order valence-corrected chi connectivity index (χ3v) is 2.10. The third kappa shape index (κ3) is 1.36. The molecule has 1 fully saturated rings. The zero-order chi connectivity index (χ0) is 7.61. The molecule has 0 heterocycles. The lowest BCUT2D eigenvalue weighted by Gasteiger charge is -2.09. The average Bonchev–Trinajstić information content (AvgIpc) is 2.64. The van der Waals surface area contributed by atoms with E-state index in [9.17, 15) is 4.79 Å². The Hall–Kier alpha value is -0.410. The van der Waals surface area contributed by atoms with Gasteiger partial charge in [-0.2, -0.15) is 0 Å². The second-order valence-corrected chi connectivity index (χ2v) is 2.85. The third-order valence-electron chi connectivity index (χ3n) is 2.10. The molecule has 0 unspecified atom stereocenters. The Morgan fingerprint density at radius 1 is 1.70 bits per heavy atom. The quantitative estimate of drug-likeness (QED) is 0.575. The number of hydrogen-bond donors (Lipinski definition) is 1. The van der Waals surface area contributed by atoms with Crippen LogP contribution in [-0.4, -0.2) is 19.1 Å². The fourth-order valence-corrected chi connectivity index (χ4v) is 1.00. The predicted molar refractivity (Wildman–Crippen MR) is 37.4 cm³/mol. The van der Waals surface area contributed by atoms with E-state index in [-0.39, 0.29) is 17.9 Å². The van der Waals surface area contributed by atoms with Gasteiger partial charge in [0.2, 0.25) is 0 Å². The van der Waals surface area contributed by atoms with Gasteiger partial charge in [0, 0.05) is 0 Å². The van der Waals surface area contributed by atoms with Gasteiger partial charge in [-0.25, -0.2) is 0 Å². The Balaban J connectivity index is 2.31. The molecule has 3 heteroatoms. The number of ketones is 1. The van der Waals surface area contributed by atoms with Crippen LogP contribution in [0, 0.1) is 5.41 Å². The van der Waals surface area contributed by atoms with Crippen molar-refractivity contribution in [2.75, 3.05) is 13.3 Å². The molecule has 0 spiro atoms. The van der Waals surface area contributed by atoms with Crippen molar-refractivity contribution in [1.82, 2.24) is 0 Å². The first kappa shape index (κ1) is 7.69. The Morgan fingerprint density at radius 2 is 2.30 bits per heavy atom. The van der Waals surface area contributed by atoms with Crippen molar-refractivity contribution in [1.29, 1.82) is 0 Å². The SMILES string of the molecule is CC(=O)C1(COCN)CC1. The largest absolute Gasteiger partial charge is 0.365 e. The van der Waals surface area contributed by atoms with E-state index in [4.69, 9.17) is 10.5 Å². The molecule has 0 radical (unpaired) electrons. The monoisotopic (exact) mass is 143 g/mol. The van der Waals surface area contributed by atoms with E-state index in [0.717, 1.165) is 12.8 Å². The van der Waals surface area contributed by atoms with Crippen molar-refractivity contribution in [2.24, 2.45) is 11.1 Å². The van der Waals surface area contributed by atoms with Gasteiger partial charge in [0.1, 0.15) is 5.78 Å². The van der Waals surface area contributed by atoms with Crippen LogP contribution in [0.5, 0.6) is 0 Å². The Morgan fingerprint density at radius 3 is 2.60 bits per heavy atom. The van der Waals surface area contributed by atoms with E-state index < -0.39 is 0 Å². The van der Waals surface area contributed by atoms with Crippen molar-refractivity contribution in [3.05, 3.63) is 0 Å². The smallest absolute Gasteiger partial charge is 0.138 e. The second-order valence-electron chi connectivity index (χ2n) is 2.85. The summed E-state index contributed by atoms with van der Waals surface area (Å²) < 4.78 is 4.98. The number of Topliss-reactive ketones (excluding diaryl/α,β-unsaturated/α-hetero) is 1. The molecule has 2 N–H and O–H groups in total. The molecule has 0 aromatic heterocycles. The van der Waals surface area contributed by atoms with Crippen LogP contribution in [0.15, 0.2) is 0 Å². The van der Waals surface area contributed by atoms with Crippen LogP contribution in [0.3, 0.4) is 0 Å². The highest BCUT2D eigenvalue weighted by Gasteiger charge is 2.47. The summed E-state index contributed by atoms with van der Waals surface area (Å²) >= 11 is 0. The van der Waals surface area contributed by atoms with Crippen LogP contribution >= 0.6 is 0 Å². The summed E-state index contributed by atoms with van der Waals surface area (Å²) in [7, 11) is 0. The van der Waals surface area contributed by atoms with Crippen molar-refractivity contribution in [3.63, 3.8) is 0 Å².